The lowest BCUT2D eigenvalue weighted by Crippen LogP contribution is -2.51. The second kappa shape index (κ2) is 5.48. The Hall–Kier alpha value is -1.88. The molecule has 1 aliphatic heterocycles. The normalized spacial score (nSPS) is 24.9. The number of amides is 1. The van der Waals surface area contributed by atoms with E-state index in [1.807, 2.05) is 13.8 Å². The molecule has 1 heterocycles. The highest BCUT2D eigenvalue weighted by atomic mass is 16.5. The van der Waals surface area contributed by atoms with Crippen molar-refractivity contribution >= 4 is 11.9 Å². The summed E-state index contributed by atoms with van der Waals surface area (Å²) in [6, 6.07) is 3.49. The SMILES string of the molecule is Cc1ccc(C)c(C(=O)NC2(C)CCOC2C)c1C(=O)O. The fraction of sp³-hybridized carbons (Fsp3) is 0.500. The van der Waals surface area contributed by atoms with Crippen LogP contribution in [0.2, 0.25) is 0 Å². The van der Waals surface area contributed by atoms with E-state index in [1.165, 1.54) is 0 Å². The van der Waals surface area contributed by atoms with Crippen molar-refractivity contribution in [2.45, 2.75) is 45.8 Å². The van der Waals surface area contributed by atoms with Gasteiger partial charge in [-0.25, -0.2) is 4.79 Å². The largest absolute Gasteiger partial charge is 0.478 e. The zero-order chi connectivity index (χ0) is 15.8. The summed E-state index contributed by atoms with van der Waals surface area (Å²) in [5, 5.41) is 12.3. The number of carboxylic acids is 1. The number of hydrogen-bond donors (Lipinski definition) is 2. The minimum Gasteiger partial charge on any atom is -0.478 e. The first-order valence-electron chi connectivity index (χ1n) is 7.04. The third-order valence-corrected chi connectivity index (χ3v) is 4.35. The first kappa shape index (κ1) is 15.5. The Morgan fingerprint density at radius 1 is 1.29 bits per heavy atom. The molecule has 0 aromatic heterocycles. The summed E-state index contributed by atoms with van der Waals surface area (Å²) < 4.78 is 5.51. The number of ether oxygens (including phenoxy) is 1. The van der Waals surface area contributed by atoms with Gasteiger partial charge in [-0.05, 0) is 45.2 Å². The standard InChI is InChI=1S/C16H21NO4/c1-9-5-6-10(2)13(15(19)20)12(9)14(18)17-16(4)7-8-21-11(16)3/h5-6,11H,7-8H2,1-4H3,(H,17,18)(H,19,20). The molecule has 2 atom stereocenters. The highest BCUT2D eigenvalue weighted by Crippen LogP contribution is 2.27. The minimum absolute atomic E-state index is 0.0719. The third kappa shape index (κ3) is 2.78. The maximum Gasteiger partial charge on any atom is 0.336 e. The van der Waals surface area contributed by atoms with Crippen molar-refractivity contribution in [2.75, 3.05) is 6.61 Å². The van der Waals surface area contributed by atoms with Crippen LogP contribution < -0.4 is 5.32 Å². The molecule has 2 unspecified atom stereocenters. The van der Waals surface area contributed by atoms with Crippen molar-refractivity contribution in [3.63, 3.8) is 0 Å². The molecule has 114 valence electrons. The molecule has 1 saturated heterocycles. The molecule has 0 radical (unpaired) electrons. The molecular weight excluding hydrogens is 270 g/mol. The summed E-state index contributed by atoms with van der Waals surface area (Å²) in [7, 11) is 0. The molecule has 21 heavy (non-hydrogen) atoms. The summed E-state index contributed by atoms with van der Waals surface area (Å²) in [6.07, 6.45) is 0.618. The van der Waals surface area contributed by atoms with Crippen molar-refractivity contribution in [2.24, 2.45) is 0 Å². The monoisotopic (exact) mass is 291 g/mol. The van der Waals surface area contributed by atoms with Crippen molar-refractivity contribution in [3.8, 4) is 0 Å². The number of hydrogen-bond acceptors (Lipinski definition) is 3. The molecular formula is C16H21NO4. The second-order valence-corrected chi connectivity index (χ2v) is 5.89. The fourth-order valence-electron chi connectivity index (χ4n) is 2.70. The Morgan fingerprint density at radius 3 is 2.33 bits per heavy atom. The number of rotatable bonds is 3. The van der Waals surface area contributed by atoms with Gasteiger partial charge in [-0.3, -0.25) is 4.79 Å². The van der Waals surface area contributed by atoms with E-state index in [9.17, 15) is 14.7 Å². The quantitative estimate of drug-likeness (QED) is 0.896. The van der Waals surface area contributed by atoms with Crippen LogP contribution in [0.3, 0.4) is 0 Å². The van der Waals surface area contributed by atoms with Crippen molar-refractivity contribution < 1.29 is 19.4 Å². The van der Waals surface area contributed by atoms with Gasteiger partial charge in [0, 0.05) is 6.61 Å². The van der Waals surface area contributed by atoms with Crippen LogP contribution in [0.15, 0.2) is 12.1 Å². The third-order valence-electron chi connectivity index (χ3n) is 4.35. The lowest BCUT2D eigenvalue weighted by Gasteiger charge is -2.29. The van der Waals surface area contributed by atoms with Gasteiger partial charge in [-0.1, -0.05) is 12.1 Å². The van der Waals surface area contributed by atoms with Crippen LogP contribution in [-0.4, -0.2) is 35.2 Å². The summed E-state index contributed by atoms with van der Waals surface area (Å²) >= 11 is 0. The van der Waals surface area contributed by atoms with E-state index in [0.29, 0.717) is 24.2 Å². The van der Waals surface area contributed by atoms with E-state index >= 15 is 0 Å². The second-order valence-electron chi connectivity index (χ2n) is 5.89. The number of benzene rings is 1. The smallest absolute Gasteiger partial charge is 0.336 e. The van der Waals surface area contributed by atoms with Gasteiger partial charge in [0.1, 0.15) is 0 Å². The minimum atomic E-state index is -1.08. The topological polar surface area (TPSA) is 75.6 Å². The Morgan fingerprint density at radius 2 is 1.86 bits per heavy atom. The summed E-state index contributed by atoms with van der Waals surface area (Å²) in [6.45, 7) is 7.87. The van der Waals surface area contributed by atoms with Gasteiger partial charge in [0.2, 0.25) is 0 Å². The summed E-state index contributed by atoms with van der Waals surface area (Å²) in [5.41, 5.74) is 1.08. The van der Waals surface area contributed by atoms with E-state index in [4.69, 9.17) is 4.74 Å². The number of nitrogens with one attached hydrogen (secondary N) is 1. The highest BCUT2D eigenvalue weighted by molar-refractivity contribution is 6.07. The molecule has 5 nitrogen and oxygen atoms in total. The first-order valence-corrected chi connectivity index (χ1v) is 7.04. The Balaban J connectivity index is 2.40. The Labute approximate surface area is 124 Å². The van der Waals surface area contributed by atoms with Crippen LogP contribution in [0.4, 0.5) is 0 Å². The molecule has 2 N–H and O–H groups in total. The van der Waals surface area contributed by atoms with Crippen molar-refractivity contribution in [3.05, 3.63) is 34.4 Å². The molecule has 1 amide bonds. The van der Waals surface area contributed by atoms with Gasteiger partial charge in [-0.15, -0.1) is 0 Å². The van der Waals surface area contributed by atoms with Gasteiger partial charge in [0.05, 0.1) is 22.8 Å². The van der Waals surface area contributed by atoms with Crippen molar-refractivity contribution in [1.29, 1.82) is 0 Å². The van der Waals surface area contributed by atoms with Crippen LogP contribution in [0.1, 0.15) is 52.1 Å². The Bertz CT molecular complexity index is 596. The lowest BCUT2D eigenvalue weighted by atomic mass is 9.92. The van der Waals surface area contributed by atoms with Gasteiger partial charge < -0.3 is 15.2 Å². The highest BCUT2D eigenvalue weighted by Gasteiger charge is 2.39. The van der Waals surface area contributed by atoms with Gasteiger partial charge in [0.15, 0.2) is 0 Å². The first-order chi connectivity index (χ1) is 9.76. The van der Waals surface area contributed by atoms with Crippen molar-refractivity contribution in [1.82, 2.24) is 5.32 Å². The van der Waals surface area contributed by atoms with Gasteiger partial charge >= 0.3 is 5.97 Å². The summed E-state index contributed by atoms with van der Waals surface area (Å²) in [5.74, 6) is -1.43. The molecule has 0 bridgehead atoms. The maximum atomic E-state index is 12.6. The van der Waals surface area contributed by atoms with E-state index in [1.54, 1.807) is 26.0 Å². The zero-order valence-corrected chi connectivity index (χ0v) is 12.8. The van der Waals surface area contributed by atoms with Crippen LogP contribution in [-0.2, 0) is 4.74 Å². The van der Waals surface area contributed by atoms with E-state index < -0.39 is 11.5 Å². The molecule has 5 heteroatoms. The average Bonchev–Trinajstić information content (AvgIpc) is 2.71. The predicted octanol–water partition coefficient (Wildman–Crippen LogP) is 2.30. The molecule has 2 rings (SSSR count). The van der Waals surface area contributed by atoms with Gasteiger partial charge in [-0.2, -0.15) is 0 Å². The lowest BCUT2D eigenvalue weighted by molar-refractivity contribution is 0.0676. The van der Waals surface area contributed by atoms with Crippen LogP contribution in [0.5, 0.6) is 0 Å². The molecule has 1 aliphatic rings. The molecule has 0 aliphatic carbocycles. The fourth-order valence-corrected chi connectivity index (χ4v) is 2.70. The maximum absolute atomic E-state index is 12.6. The molecule has 0 saturated carbocycles. The molecule has 1 fully saturated rings. The number of carbonyl (C=O) groups is 2. The zero-order valence-electron chi connectivity index (χ0n) is 12.8. The van der Waals surface area contributed by atoms with Gasteiger partial charge in [0.25, 0.3) is 5.91 Å². The molecule has 1 aromatic rings. The Kier molecular flexibility index (Phi) is 4.05. The molecule has 1 aromatic carbocycles. The summed E-state index contributed by atoms with van der Waals surface area (Å²) in [4.78, 5) is 24.1. The van der Waals surface area contributed by atoms with E-state index in [-0.39, 0.29) is 23.1 Å². The number of carbonyl (C=O) groups excluding carboxylic acids is 1. The van der Waals surface area contributed by atoms with E-state index in [2.05, 4.69) is 5.32 Å². The van der Waals surface area contributed by atoms with Crippen LogP contribution in [0, 0.1) is 13.8 Å². The van der Waals surface area contributed by atoms with E-state index in [0.717, 1.165) is 0 Å². The van der Waals surface area contributed by atoms with Crippen LogP contribution >= 0.6 is 0 Å². The number of carboxylic acid groups (broad SMARTS) is 1. The average molecular weight is 291 g/mol. The molecule has 0 spiro atoms. The number of aromatic carboxylic acids is 1. The van der Waals surface area contributed by atoms with Crippen LogP contribution in [0.25, 0.3) is 0 Å². The predicted molar refractivity (Wildman–Crippen MR) is 78.8 cm³/mol. The number of aryl methyl sites for hydroxylation is 2.